The van der Waals surface area contributed by atoms with Crippen LogP contribution in [0.15, 0.2) is 29.2 Å². The fraction of sp³-hybridized carbons (Fsp3) is 0.571. The fourth-order valence-electron chi connectivity index (χ4n) is 2.55. The molecule has 1 aliphatic heterocycles. The monoisotopic (exact) mass is 312 g/mol. The first kappa shape index (κ1) is 16.1. The van der Waals surface area contributed by atoms with Gasteiger partial charge in [-0.3, -0.25) is 14.3 Å². The molecular weight excluding hydrogens is 292 g/mol. The van der Waals surface area contributed by atoms with Gasteiger partial charge < -0.3 is 10.1 Å². The molecule has 0 aliphatic carbocycles. The maximum absolute atomic E-state index is 12.5. The van der Waals surface area contributed by atoms with Crippen LogP contribution in [0.25, 0.3) is 0 Å². The molecule has 0 saturated carbocycles. The predicted octanol–water partition coefficient (Wildman–Crippen LogP) is 1.72. The van der Waals surface area contributed by atoms with E-state index in [1.165, 1.54) is 6.07 Å². The summed E-state index contributed by atoms with van der Waals surface area (Å²) in [5.74, 6) is 0.684. The van der Waals surface area contributed by atoms with E-state index in [-0.39, 0.29) is 11.7 Å². The molecule has 1 N–H and O–H groups in total. The Morgan fingerprint density at radius 2 is 2.29 bits per heavy atom. The highest BCUT2D eigenvalue weighted by atomic mass is 32.2. The molecule has 1 aliphatic rings. The minimum Gasteiger partial charge on any atom is -0.381 e. The van der Waals surface area contributed by atoms with Crippen molar-refractivity contribution in [2.45, 2.75) is 24.3 Å². The van der Waals surface area contributed by atoms with Gasteiger partial charge in [-0.15, -0.1) is 0 Å². The van der Waals surface area contributed by atoms with Crippen molar-refractivity contribution >= 4 is 16.5 Å². The minimum absolute atomic E-state index is 0.0538. The van der Waals surface area contributed by atoms with Crippen molar-refractivity contribution in [3.8, 4) is 0 Å². The van der Waals surface area contributed by atoms with Crippen LogP contribution in [0.5, 0.6) is 0 Å². The van der Waals surface area contributed by atoms with Gasteiger partial charge in [0, 0.05) is 30.4 Å². The lowest BCUT2D eigenvalue weighted by atomic mass is 10.0. The highest BCUT2D eigenvalue weighted by Crippen LogP contribution is 2.24. The number of nitrogens with zero attached hydrogens (tertiary/aromatic N) is 1. The molecule has 0 bridgehead atoms. The zero-order chi connectivity index (χ0) is 15.2. The minimum atomic E-state index is -1.40. The molecule has 6 nitrogen and oxygen atoms in total. The number of nitro groups is 1. The van der Waals surface area contributed by atoms with E-state index < -0.39 is 15.7 Å². The molecule has 7 heteroatoms. The van der Waals surface area contributed by atoms with E-state index in [0.717, 1.165) is 19.6 Å². The summed E-state index contributed by atoms with van der Waals surface area (Å²) in [6.07, 6.45) is 0.936. The highest BCUT2D eigenvalue weighted by Gasteiger charge is 2.28. The Kier molecular flexibility index (Phi) is 5.84. The van der Waals surface area contributed by atoms with E-state index in [2.05, 4.69) is 5.32 Å². The average Bonchev–Trinajstić information content (AvgIpc) is 3.00. The largest absolute Gasteiger partial charge is 0.381 e. The molecule has 3 atom stereocenters. The predicted molar refractivity (Wildman–Crippen MR) is 80.8 cm³/mol. The lowest BCUT2D eigenvalue weighted by Crippen LogP contribution is -2.40. The van der Waals surface area contributed by atoms with E-state index in [0.29, 0.717) is 23.2 Å². The van der Waals surface area contributed by atoms with Crippen molar-refractivity contribution < 1.29 is 13.9 Å². The Labute approximate surface area is 126 Å². The summed E-state index contributed by atoms with van der Waals surface area (Å²) in [7, 11) is -1.40. The van der Waals surface area contributed by atoms with Crippen molar-refractivity contribution in [3.05, 3.63) is 34.4 Å². The molecule has 21 heavy (non-hydrogen) atoms. The smallest absolute Gasteiger partial charge is 0.285 e. The molecule has 1 fully saturated rings. The summed E-state index contributed by atoms with van der Waals surface area (Å²) < 4.78 is 17.9. The molecule has 1 aromatic carbocycles. The maximum atomic E-state index is 12.5. The van der Waals surface area contributed by atoms with Gasteiger partial charge in [-0.2, -0.15) is 0 Å². The van der Waals surface area contributed by atoms with Crippen LogP contribution in [0.4, 0.5) is 5.69 Å². The van der Waals surface area contributed by atoms with Gasteiger partial charge >= 0.3 is 0 Å². The molecular formula is C14H20N2O4S. The molecule has 0 radical (unpaired) electrons. The standard InChI is InChI=1S/C14H20N2O4S/c1-2-15-12(11-7-8-20-9-11)10-21(19)14-6-4-3-5-13(14)16(17)18/h3-6,11-12,15H,2,7-10H2,1H3. The number of hydrogen-bond donors (Lipinski definition) is 1. The Bertz CT molecular complexity index is 517. The molecule has 0 aromatic heterocycles. The van der Waals surface area contributed by atoms with Gasteiger partial charge in [-0.05, 0) is 19.0 Å². The van der Waals surface area contributed by atoms with E-state index in [1.54, 1.807) is 18.2 Å². The van der Waals surface area contributed by atoms with Crippen LogP contribution in [0, 0.1) is 16.0 Å². The second kappa shape index (κ2) is 7.63. The number of nitro benzene ring substituents is 1. The first-order chi connectivity index (χ1) is 10.1. The molecule has 116 valence electrons. The highest BCUT2D eigenvalue weighted by molar-refractivity contribution is 7.85. The van der Waals surface area contributed by atoms with E-state index in [1.807, 2.05) is 6.92 Å². The Morgan fingerprint density at radius 3 is 2.90 bits per heavy atom. The van der Waals surface area contributed by atoms with Gasteiger partial charge in [-0.25, -0.2) is 0 Å². The normalized spacial score (nSPS) is 21.1. The molecule has 3 unspecified atom stereocenters. The Balaban J connectivity index is 2.13. The number of rotatable bonds is 7. The van der Waals surface area contributed by atoms with Crippen LogP contribution in [0.2, 0.25) is 0 Å². The number of ether oxygens (including phenoxy) is 1. The van der Waals surface area contributed by atoms with Crippen molar-refractivity contribution in [1.82, 2.24) is 5.32 Å². The molecule has 2 rings (SSSR count). The number of hydrogen-bond acceptors (Lipinski definition) is 5. The van der Waals surface area contributed by atoms with Crippen LogP contribution >= 0.6 is 0 Å². The van der Waals surface area contributed by atoms with Gasteiger partial charge in [0.15, 0.2) is 0 Å². The Morgan fingerprint density at radius 1 is 1.52 bits per heavy atom. The summed E-state index contributed by atoms with van der Waals surface area (Å²) in [6, 6.07) is 6.29. The summed E-state index contributed by atoms with van der Waals surface area (Å²) in [4.78, 5) is 10.8. The van der Waals surface area contributed by atoms with Crippen LogP contribution < -0.4 is 5.32 Å². The maximum Gasteiger partial charge on any atom is 0.285 e. The van der Waals surface area contributed by atoms with Gasteiger partial charge in [0.05, 0.1) is 22.3 Å². The second-order valence-corrected chi connectivity index (χ2v) is 6.49. The van der Waals surface area contributed by atoms with Crippen molar-refractivity contribution in [1.29, 1.82) is 0 Å². The van der Waals surface area contributed by atoms with Crippen molar-refractivity contribution in [2.24, 2.45) is 5.92 Å². The van der Waals surface area contributed by atoms with Gasteiger partial charge in [0.2, 0.25) is 0 Å². The fourth-order valence-corrected chi connectivity index (χ4v) is 4.05. The van der Waals surface area contributed by atoms with Crippen LogP contribution in [-0.4, -0.2) is 40.7 Å². The van der Waals surface area contributed by atoms with Gasteiger partial charge in [0.25, 0.3) is 5.69 Å². The topological polar surface area (TPSA) is 81.5 Å². The van der Waals surface area contributed by atoms with Crippen molar-refractivity contribution in [2.75, 3.05) is 25.5 Å². The van der Waals surface area contributed by atoms with Crippen molar-refractivity contribution in [3.63, 3.8) is 0 Å². The van der Waals surface area contributed by atoms with Gasteiger partial charge in [-0.1, -0.05) is 19.1 Å². The quantitative estimate of drug-likeness (QED) is 0.612. The van der Waals surface area contributed by atoms with E-state index in [4.69, 9.17) is 4.74 Å². The zero-order valence-electron chi connectivity index (χ0n) is 12.0. The first-order valence-corrected chi connectivity index (χ1v) is 8.38. The van der Waals surface area contributed by atoms with E-state index in [9.17, 15) is 14.3 Å². The molecule has 1 heterocycles. The average molecular weight is 312 g/mol. The van der Waals surface area contributed by atoms with Crippen LogP contribution in [-0.2, 0) is 15.5 Å². The zero-order valence-corrected chi connectivity index (χ0v) is 12.8. The third-order valence-electron chi connectivity index (χ3n) is 3.64. The first-order valence-electron chi connectivity index (χ1n) is 7.06. The second-order valence-electron chi connectivity index (χ2n) is 5.02. The summed E-state index contributed by atoms with van der Waals surface area (Å²) in [5, 5.41) is 14.4. The summed E-state index contributed by atoms with van der Waals surface area (Å²) in [5.41, 5.74) is -0.0752. The molecule has 1 aromatic rings. The number of benzene rings is 1. The third-order valence-corrected chi connectivity index (χ3v) is 5.14. The molecule has 0 amide bonds. The lowest BCUT2D eigenvalue weighted by molar-refractivity contribution is -0.387. The van der Waals surface area contributed by atoms with Gasteiger partial charge in [0.1, 0.15) is 4.90 Å². The third kappa shape index (κ3) is 4.09. The molecule has 1 saturated heterocycles. The SMILES string of the molecule is CCNC(CS(=O)c1ccccc1[N+](=O)[O-])C1CCOC1. The van der Waals surface area contributed by atoms with Crippen LogP contribution in [0.1, 0.15) is 13.3 Å². The number of para-hydroxylation sites is 1. The summed E-state index contributed by atoms with van der Waals surface area (Å²) >= 11 is 0. The van der Waals surface area contributed by atoms with Crippen LogP contribution in [0.3, 0.4) is 0 Å². The lowest BCUT2D eigenvalue weighted by Gasteiger charge is -2.22. The Hall–Kier alpha value is -1.31. The van der Waals surface area contributed by atoms with E-state index >= 15 is 0 Å². The summed E-state index contributed by atoms with van der Waals surface area (Å²) in [6.45, 7) is 4.16. The number of nitrogens with one attached hydrogen (secondary N) is 1. The molecule has 0 spiro atoms.